The van der Waals surface area contributed by atoms with Gasteiger partial charge >= 0.3 is 0 Å². The van der Waals surface area contributed by atoms with E-state index >= 15 is 0 Å². The van der Waals surface area contributed by atoms with Crippen molar-refractivity contribution in [2.45, 2.75) is 5.41 Å². The van der Waals surface area contributed by atoms with E-state index in [1.54, 1.807) is 0 Å². The summed E-state index contributed by atoms with van der Waals surface area (Å²) >= 11 is 0. The number of benzene rings is 11. The number of rotatable bonds is 9. The van der Waals surface area contributed by atoms with Gasteiger partial charge in [0.15, 0.2) is 0 Å². The summed E-state index contributed by atoms with van der Waals surface area (Å²) in [7, 11) is 0. The molecule has 0 spiro atoms. The topological polar surface area (TPSA) is 8.17 Å². The van der Waals surface area contributed by atoms with Crippen molar-refractivity contribution in [3.05, 3.63) is 288 Å². The van der Waals surface area contributed by atoms with Crippen molar-refractivity contribution in [1.82, 2.24) is 4.57 Å². The SMILES string of the molecule is C(=C\c1ccc(N(c2ccccc2)c2ccc3c(c2)-c2ccccc2C3(c2ccccc2)c2ccccc2)cc1)/c1ccc(-c2ccc3c4c2ccc2cccc(c24)n3-c2ccccc2)cc1. The number of fused-ring (bicyclic) bond motifs is 3. The molecular formula is C65H44N2. The Bertz CT molecular complexity index is 3720. The second-order valence-corrected chi connectivity index (χ2v) is 17.6. The minimum absolute atomic E-state index is 0.434. The van der Waals surface area contributed by atoms with Crippen molar-refractivity contribution >= 4 is 61.8 Å². The van der Waals surface area contributed by atoms with Gasteiger partial charge in [-0.3, -0.25) is 0 Å². The van der Waals surface area contributed by atoms with Crippen molar-refractivity contribution in [2.24, 2.45) is 0 Å². The molecular weight excluding hydrogens is 809 g/mol. The van der Waals surface area contributed by atoms with Gasteiger partial charge in [0.1, 0.15) is 0 Å². The summed E-state index contributed by atoms with van der Waals surface area (Å²) < 4.78 is 2.40. The molecule has 0 amide bonds. The van der Waals surface area contributed by atoms with E-state index in [2.05, 4.69) is 276 Å². The molecule has 1 aliphatic rings. The maximum absolute atomic E-state index is 2.40. The number of hydrogen-bond acceptors (Lipinski definition) is 1. The molecule has 13 rings (SSSR count). The van der Waals surface area contributed by atoms with Gasteiger partial charge in [0, 0.05) is 33.5 Å². The van der Waals surface area contributed by atoms with Crippen LogP contribution in [-0.4, -0.2) is 4.57 Å². The molecule has 1 aliphatic carbocycles. The van der Waals surface area contributed by atoms with Gasteiger partial charge in [-0.2, -0.15) is 0 Å². The quantitative estimate of drug-likeness (QED) is 0.104. The highest BCUT2D eigenvalue weighted by atomic mass is 15.1. The molecule has 0 saturated carbocycles. The maximum Gasteiger partial charge on any atom is 0.0713 e. The monoisotopic (exact) mass is 852 g/mol. The lowest BCUT2D eigenvalue weighted by Gasteiger charge is -2.34. The van der Waals surface area contributed by atoms with Crippen molar-refractivity contribution in [2.75, 3.05) is 4.90 Å². The van der Waals surface area contributed by atoms with E-state index in [4.69, 9.17) is 0 Å². The standard InChI is InChI=1S/C65H44N2/c1-5-17-49(18-6-1)65(50-19-7-2-8-20-50)59-26-14-13-25-56(59)58-44-54(39-42-60(58)65)66(51-21-9-3-10-22-51)53-37-32-46(33-38-53)29-28-45-30-34-47(35-31-45)55-41-43-62-64-57(55)40-36-48-16-15-27-61(63(48)64)67(62)52-23-11-4-12-24-52/h1-44H/b29-28+. The van der Waals surface area contributed by atoms with Crippen LogP contribution in [0.5, 0.6) is 0 Å². The molecule has 12 aromatic rings. The zero-order valence-electron chi connectivity index (χ0n) is 36.8. The Labute approximate surface area is 390 Å². The largest absolute Gasteiger partial charge is 0.310 e. The normalized spacial score (nSPS) is 12.8. The number of hydrogen-bond donors (Lipinski definition) is 0. The first-order chi connectivity index (χ1) is 33.2. The van der Waals surface area contributed by atoms with Crippen LogP contribution < -0.4 is 4.90 Å². The summed E-state index contributed by atoms with van der Waals surface area (Å²) in [6.45, 7) is 0. The lowest BCUT2D eigenvalue weighted by molar-refractivity contribution is 0.768. The van der Waals surface area contributed by atoms with Gasteiger partial charge in [-0.05, 0) is 127 Å². The third kappa shape index (κ3) is 6.18. The third-order valence-electron chi connectivity index (χ3n) is 14.0. The molecule has 0 bridgehead atoms. The molecule has 314 valence electrons. The molecule has 0 saturated heterocycles. The first-order valence-electron chi connectivity index (χ1n) is 23.2. The summed E-state index contributed by atoms with van der Waals surface area (Å²) in [4.78, 5) is 2.38. The molecule has 0 aliphatic heterocycles. The van der Waals surface area contributed by atoms with Crippen molar-refractivity contribution in [3.63, 3.8) is 0 Å². The fourth-order valence-electron chi connectivity index (χ4n) is 11.1. The highest BCUT2D eigenvalue weighted by Gasteiger charge is 2.46. The Morgan fingerprint density at radius 3 is 1.63 bits per heavy atom. The number of nitrogens with zero attached hydrogens (tertiary/aromatic N) is 2. The van der Waals surface area contributed by atoms with Crippen LogP contribution >= 0.6 is 0 Å². The number of aromatic nitrogens is 1. The maximum atomic E-state index is 2.40. The van der Waals surface area contributed by atoms with Gasteiger partial charge in [-0.25, -0.2) is 0 Å². The minimum atomic E-state index is -0.434. The minimum Gasteiger partial charge on any atom is -0.310 e. The predicted molar refractivity (Wildman–Crippen MR) is 282 cm³/mol. The average Bonchev–Trinajstić information content (AvgIpc) is 3.90. The first-order valence-corrected chi connectivity index (χ1v) is 23.2. The summed E-state index contributed by atoms with van der Waals surface area (Å²) in [6, 6.07) is 93.2. The van der Waals surface area contributed by atoms with E-state index in [-0.39, 0.29) is 0 Å². The van der Waals surface area contributed by atoms with Crippen LogP contribution in [0.25, 0.3) is 72.7 Å². The molecule has 0 unspecified atom stereocenters. The van der Waals surface area contributed by atoms with Crippen molar-refractivity contribution < 1.29 is 0 Å². The first kappa shape index (κ1) is 38.7. The molecule has 11 aromatic carbocycles. The summed E-state index contributed by atoms with van der Waals surface area (Å²) in [5.74, 6) is 0. The smallest absolute Gasteiger partial charge is 0.0713 e. The van der Waals surface area contributed by atoms with Gasteiger partial charge in [0.2, 0.25) is 0 Å². The fraction of sp³-hybridized carbons (Fsp3) is 0.0154. The van der Waals surface area contributed by atoms with Crippen LogP contribution in [0.15, 0.2) is 255 Å². The highest BCUT2D eigenvalue weighted by molar-refractivity contribution is 6.26. The molecule has 0 fully saturated rings. The predicted octanol–water partition coefficient (Wildman–Crippen LogP) is 17.0. The Morgan fingerprint density at radius 2 is 0.925 bits per heavy atom. The molecule has 0 radical (unpaired) electrons. The Kier molecular flexibility index (Phi) is 9.11. The highest BCUT2D eigenvalue weighted by Crippen LogP contribution is 2.57. The van der Waals surface area contributed by atoms with Gasteiger partial charge in [0.25, 0.3) is 0 Å². The van der Waals surface area contributed by atoms with Gasteiger partial charge in [-0.15, -0.1) is 0 Å². The van der Waals surface area contributed by atoms with E-state index in [0.717, 1.165) is 28.2 Å². The molecule has 1 heterocycles. The molecule has 1 aromatic heterocycles. The van der Waals surface area contributed by atoms with Gasteiger partial charge < -0.3 is 9.47 Å². The van der Waals surface area contributed by atoms with E-state index < -0.39 is 5.41 Å². The van der Waals surface area contributed by atoms with Crippen LogP contribution in [0.2, 0.25) is 0 Å². The zero-order valence-corrected chi connectivity index (χ0v) is 36.8. The van der Waals surface area contributed by atoms with Gasteiger partial charge in [0.05, 0.1) is 16.4 Å². The number of para-hydroxylation sites is 2. The zero-order chi connectivity index (χ0) is 44.3. The second kappa shape index (κ2) is 15.8. The van der Waals surface area contributed by atoms with Crippen LogP contribution in [0.4, 0.5) is 17.1 Å². The van der Waals surface area contributed by atoms with E-state index in [9.17, 15) is 0 Å². The molecule has 67 heavy (non-hydrogen) atoms. The Balaban J connectivity index is 0.824. The lowest BCUT2D eigenvalue weighted by Crippen LogP contribution is -2.28. The van der Waals surface area contributed by atoms with Gasteiger partial charge in [-0.1, -0.05) is 206 Å². The van der Waals surface area contributed by atoms with Crippen molar-refractivity contribution in [1.29, 1.82) is 0 Å². The summed E-state index contributed by atoms with van der Waals surface area (Å²) in [5.41, 5.74) is 19.0. The Hall–Kier alpha value is -8.72. The summed E-state index contributed by atoms with van der Waals surface area (Å²) in [5, 5.41) is 5.19. The molecule has 0 N–H and O–H groups in total. The van der Waals surface area contributed by atoms with E-state index in [1.807, 2.05) is 0 Å². The molecule has 0 atom stereocenters. The Morgan fingerprint density at radius 1 is 0.358 bits per heavy atom. The fourth-order valence-corrected chi connectivity index (χ4v) is 11.1. The number of anilines is 3. The van der Waals surface area contributed by atoms with Crippen molar-refractivity contribution in [3.8, 4) is 27.9 Å². The van der Waals surface area contributed by atoms with E-state index in [1.165, 1.54) is 82.8 Å². The van der Waals surface area contributed by atoms with Crippen LogP contribution in [-0.2, 0) is 5.41 Å². The van der Waals surface area contributed by atoms with Crippen LogP contribution in [0, 0.1) is 0 Å². The third-order valence-corrected chi connectivity index (χ3v) is 14.0. The lowest BCUT2D eigenvalue weighted by atomic mass is 9.68. The van der Waals surface area contributed by atoms with Crippen LogP contribution in [0.1, 0.15) is 33.4 Å². The molecule has 2 heteroatoms. The van der Waals surface area contributed by atoms with Crippen LogP contribution in [0.3, 0.4) is 0 Å². The van der Waals surface area contributed by atoms with E-state index in [0.29, 0.717) is 0 Å². The molecule has 2 nitrogen and oxygen atoms in total. The average molecular weight is 853 g/mol. The second-order valence-electron chi connectivity index (χ2n) is 17.6. The summed E-state index contributed by atoms with van der Waals surface area (Å²) in [6.07, 6.45) is 4.42.